The minimum absolute atomic E-state index is 0.466. The van der Waals surface area contributed by atoms with Crippen LogP contribution in [-0.4, -0.2) is 9.13 Å². The molecule has 7 aromatic rings. The van der Waals surface area contributed by atoms with Gasteiger partial charge in [-0.2, -0.15) is 10.5 Å². The van der Waals surface area contributed by atoms with E-state index in [1.807, 2.05) is 30.3 Å². The Hall–Kier alpha value is -5.84. The molecule has 1 atom stereocenters. The number of nitrogens with zero attached hydrogens (tertiary/aromatic N) is 4. The molecule has 42 heavy (non-hydrogen) atoms. The van der Waals surface area contributed by atoms with E-state index in [0.29, 0.717) is 12.0 Å². The number of rotatable bonds is 3. The summed E-state index contributed by atoms with van der Waals surface area (Å²) in [5.41, 5.74) is 6.62. The van der Waals surface area contributed by atoms with Gasteiger partial charge in [-0.1, -0.05) is 84.9 Å². The number of hydrogen-bond donors (Lipinski definition) is 0. The van der Waals surface area contributed by atoms with Gasteiger partial charge in [-0.15, -0.1) is 0 Å². The van der Waals surface area contributed by atoms with Crippen LogP contribution in [-0.2, 0) is 5.54 Å². The number of para-hydroxylation sites is 4. The van der Waals surface area contributed by atoms with Gasteiger partial charge in [-0.25, -0.2) is 0 Å². The van der Waals surface area contributed by atoms with Crippen molar-refractivity contribution in [3.8, 4) is 17.8 Å². The third-order valence-corrected chi connectivity index (χ3v) is 8.50. The fourth-order valence-electron chi connectivity index (χ4n) is 6.75. The van der Waals surface area contributed by atoms with E-state index in [1.165, 1.54) is 10.8 Å². The summed E-state index contributed by atoms with van der Waals surface area (Å²) in [6.45, 7) is 0. The van der Waals surface area contributed by atoms with E-state index in [4.69, 9.17) is 0 Å². The molecule has 0 bridgehead atoms. The van der Waals surface area contributed by atoms with E-state index in [-0.39, 0.29) is 0 Å². The summed E-state index contributed by atoms with van der Waals surface area (Å²) in [5, 5.41) is 25.6. The van der Waals surface area contributed by atoms with Crippen LogP contribution >= 0.6 is 0 Å². The van der Waals surface area contributed by atoms with Gasteiger partial charge in [-0.3, -0.25) is 0 Å². The molecular formula is C38H24N4. The molecule has 0 radical (unpaired) electrons. The van der Waals surface area contributed by atoms with Crippen LogP contribution in [0.4, 0.5) is 0 Å². The minimum Gasteiger partial charge on any atom is -0.314 e. The summed E-state index contributed by atoms with van der Waals surface area (Å²) >= 11 is 0. The van der Waals surface area contributed by atoms with E-state index in [0.717, 1.165) is 49.7 Å². The Bertz CT molecular complexity index is 2260. The van der Waals surface area contributed by atoms with Gasteiger partial charge in [-0.05, 0) is 59.7 Å². The first-order valence-electron chi connectivity index (χ1n) is 14.0. The minimum atomic E-state index is -1.16. The first kappa shape index (κ1) is 24.0. The SMILES string of the molecule is N#CC1=CC(C#N)(n2c3ccccc3c3ccccc32)C=C(c2cccc(-n3c4ccccc4c4ccccc43)c2)C1. The molecule has 0 saturated carbocycles. The molecule has 5 aromatic carbocycles. The van der Waals surface area contributed by atoms with Crippen molar-refractivity contribution in [3.05, 3.63) is 145 Å². The summed E-state index contributed by atoms with van der Waals surface area (Å²) < 4.78 is 4.38. The molecule has 4 heteroatoms. The molecule has 8 rings (SSSR count). The molecule has 1 aliphatic carbocycles. The molecular weight excluding hydrogens is 512 g/mol. The molecule has 1 unspecified atom stereocenters. The lowest BCUT2D eigenvalue weighted by Gasteiger charge is -2.29. The second kappa shape index (κ2) is 9.10. The van der Waals surface area contributed by atoms with E-state index in [2.05, 4.69) is 124 Å². The zero-order valence-electron chi connectivity index (χ0n) is 22.7. The van der Waals surface area contributed by atoms with Crippen molar-refractivity contribution in [3.63, 3.8) is 0 Å². The largest absolute Gasteiger partial charge is 0.314 e. The maximum Gasteiger partial charge on any atom is 0.171 e. The van der Waals surface area contributed by atoms with Crippen molar-refractivity contribution in [2.75, 3.05) is 0 Å². The van der Waals surface area contributed by atoms with Crippen LogP contribution in [0, 0.1) is 22.7 Å². The summed E-state index contributed by atoms with van der Waals surface area (Å²) in [7, 11) is 0. The van der Waals surface area contributed by atoms with Crippen LogP contribution in [0.15, 0.2) is 139 Å². The Balaban J connectivity index is 1.36. The lowest BCUT2D eigenvalue weighted by atomic mass is 9.83. The van der Waals surface area contributed by atoms with Crippen molar-refractivity contribution < 1.29 is 0 Å². The lowest BCUT2D eigenvalue weighted by molar-refractivity contribution is 0.623. The third kappa shape index (κ3) is 3.40. The van der Waals surface area contributed by atoms with Crippen molar-refractivity contribution in [1.29, 1.82) is 10.5 Å². The predicted molar refractivity (Wildman–Crippen MR) is 170 cm³/mol. The van der Waals surface area contributed by atoms with Gasteiger partial charge in [0.25, 0.3) is 0 Å². The quantitative estimate of drug-likeness (QED) is 0.226. The van der Waals surface area contributed by atoms with Crippen molar-refractivity contribution in [2.24, 2.45) is 0 Å². The average molecular weight is 537 g/mol. The fourth-order valence-corrected chi connectivity index (χ4v) is 6.75. The van der Waals surface area contributed by atoms with E-state index < -0.39 is 5.54 Å². The molecule has 0 N–H and O–H groups in total. The van der Waals surface area contributed by atoms with Gasteiger partial charge in [0.1, 0.15) is 6.07 Å². The summed E-state index contributed by atoms with van der Waals surface area (Å²) in [6, 6.07) is 46.7. The highest BCUT2D eigenvalue weighted by molar-refractivity contribution is 6.10. The summed E-state index contributed by atoms with van der Waals surface area (Å²) in [6.07, 6.45) is 4.36. The summed E-state index contributed by atoms with van der Waals surface area (Å²) in [5.74, 6) is 0. The molecule has 1 aliphatic rings. The third-order valence-electron chi connectivity index (χ3n) is 8.50. The van der Waals surface area contributed by atoms with E-state index >= 15 is 0 Å². The van der Waals surface area contributed by atoms with Crippen LogP contribution < -0.4 is 0 Å². The van der Waals surface area contributed by atoms with E-state index in [1.54, 1.807) is 0 Å². The number of benzene rings is 5. The van der Waals surface area contributed by atoms with Gasteiger partial charge in [0, 0.05) is 39.2 Å². The zero-order chi connectivity index (χ0) is 28.3. The topological polar surface area (TPSA) is 57.4 Å². The van der Waals surface area contributed by atoms with Gasteiger partial charge in [0.15, 0.2) is 5.54 Å². The molecule has 2 aromatic heterocycles. The Labute approximate surface area is 242 Å². The fraction of sp³-hybridized carbons (Fsp3) is 0.0526. The number of hydrogen-bond acceptors (Lipinski definition) is 2. The lowest BCUT2D eigenvalue weighted by Crippen LogP contribution is -2.30. The van der Waals surface area contributed by atoms with Crippen LogP contribution in [0.2, 0.25) is 0 Å². The number of aromatic nitrogens is 2. The first-order chi connectivity index (χ1) is 20.7. The van der Waals surface area contributed by atoms with Gasteiger partial charge in [0.2, 0.25) is 0 Å². The zero-order valence-corrected chi connectivity index (χ0v) is 22.7. The highest BCUT2D eigenvalue weighted by Gasteiger charge is 2.35. The van der Waals surface area contributed by atoms with Gasteiger partial charge < -0.3 is 9.13 Å². The molecule has 0 aliphatic heterocycles. The highest BCUT2D eigenvalue weighted by atomic mass is 15.1. The van der Waals surface area contributed by atoms with Crippen molar-refractivity contribution in [1.82, 2.24) is 9.13 Å². The first-order valence-corrected chi connectivity index (χ1v) is 14.0. The van der Waals surface area contributed by atoms with Crippen LogP contribution in [0.1, 0.15) is 12.0 Å². The van der Waals surface area contributed by atoms with Gasteiger partial charge >= 0.3 is 0 Å². The average Bonchev–Trinajstić information content (AvgIpc) is 3.58. The summed E-state index contributed by atoms with van der Waals surface area (Å²) in [4.78, 5) is 0. The number of nitriles is 2. The molecule has 2 heterocycles. The number of fused-ring (bicyclic) bond motifs is 6. The molecule has 0 fully saturated rings. The molecule has 196 valence electrons. The molecule has 0 amide bonds. The Kier molecular flexibility index (Phi) is 5.20. The Morgan fingerprint density at radius 2 is 1.10 bits per heavy atom. The Morgan fingerprint density at radius 1 is 0.571 bits per heavy atom. The van der Waals surface area contributed by atoms with Gasteiger partial charge in [0.05, 0.1) is 28.1 Å². The smallest absolute Gasteiger partial charge is 0.171 e. The van der Waals surface area contributed by atoms with Crippen LogP contribution in [0.3, 0.4) is 0 Å². The standard InChI is InChI=1S/C38H24N4/c39-24-26-20-28(23-38(22-26,25-40)42-36-18-7-3-14-32(36)33-15-4-8-19-37(33)42)27-10-9-11-29(21-27)41-34-16-5-1-12-30(34)31-13-2-6-17-35(31)41/h1-19,21-23H,20H2. The van der Waals surface area contributed by atoms with E-state index in [9.17, 15) is 10.5 Å². The maximum absolute atomic E-state index is 10.9. The second-order valence-corrected chi connectivity index (χ2v) is 10.9. The van der Waals surface area contributed by atoms with Crippen molar-refractivity contribution >= 4 is 49.2 Å². The second-order valence-electron chi connectivity index (χ2n) is 10.9. The molecule has 4 nitrogen and oxygen atoms in total. The predicted octanol–water partition coefficient (Wildman–Crippen LogP) is 9.05. The highest BCUT2D eigenvalue weighted by Crippen LogP contribution is 2.42. The maximum atomic E-state index is 10.9. The normalized spacial score (nSPS) is 16.8. The number of allylic oxidation sites excluding steroid dienone is 4. The molecule has 0 saturated heterocycles. The molecule has 0 spiro atoms. The van der Waals surface area contributed by atoms with Crippen LogP contribution in [0.5, 0.6) is 0 Å². The monoisotopic (exact) mass is 536 g/mol. The van der Waals surface area contributed by atoms with Crippen molar-refractivity contribution in [2.45, 2.75) is 12.0 Å². The van der Waals surface area contributed by atoms with Crippen LogP contribution in [0.25, 0.3) is 54.9 Å². The Morgan fingerprint density at radius 3 is 1.64 bits per heavy atom.